The number of amides is 1. The van der Waals surface area contributed by atoms with Crippen molar-refractivity contribution in [3.8, 4) is 0 Å². The Morgan fingerprint density at radius 2 is 1.96 bits per heavy atom. The topological polar surface area (TPSA) is 69.0 Å². The number of hydrogen-bond donors (Lipinski definition) is 1. The molecule has 7 heteroatoms. The molecule has 0 aliphatic rings. The molecule has 124 valence electrons. The standard InChI is InChI=1S/C17H18N4O2S/c1-23-12-16-19-20-17(24-16)18-15(22)11-14(21-9-5-6-10-21)13-7-3-2-4-8-13/h2-10,14H,11-12H2,1H3,(H,18,20,22)/t14-/m0/s1. The monoisotopic (exact) mass is 342 g/mol. The third-order valence-corrected chi connectivity index (χ3v) is 4.34. The molecule has 24 heavy (non-hydrogen) atoms. The number of ether oxygens (including phenoxy) is 1. The number of nitrogens with zero attached hydrogens (tertiary/aromatic N) is 3. The van der Waals surface area contributed by atoms with E-state index in [0.717, 1.165) is 10.6 Å². The summed E-state index contributed by atoms with van der Waals surface area (Å²) in [4.78, 5) is 12.4. The van der Waals surface area contributed by atoms with E-state index in [1.54, 1.807) is 7.11 Å². The van der Waals surface area contributed by atoms with Crippen LogP contribution in [-0.4, -0.2) is 27.8 Å². The first-order valence-corrected chi connectivity index (χ1v) is 8.36. The normalized spacial score (nSPS) is 12.0. The molecular formula is C17H18N4O2S. The largest absolute Gasteiger partial charge is 0.377 e. The van der Waals surface area contributed by atoms with Crippen LogP contribution in [0.2, 0.25) is 0 Å². The first-order valence-electron chi connectivity index (χ1n) is 7.55. The molecule has 0 unspecified atom stereocenters. The third-order valence-electron chi connectivity index (χ3n) is 3.53. The quantitative estimate of drug-likeness (QED) is 0.716. The second-order valence-electron chi connectivity index (χ2n) is 5.24. The lowest BCUT2D eigenvalue weighted by Gasteiger charge is -2.18. The van der Waals surface area contributed by atoms with Crippen molar-refractivity contribution < 1.29 is 9.53 Å². The van der Waals surface area contributed by atoms with Crippen LogP contribution in [0.5, 0.6) is 0 Å². The van der Waals surface area contributed by atoms with Crippen LogP contribution in [0, 0.1) is 0 Å². The lowest BCUT2D eigenvalue weighted by atomic mass is 10.0. The fraction of sp³-hybridized carbons (Fsp3) is 0.235. The summed E-state index contributed by atoms with van der Waals surface area (Å²) in [5, 5.41) is 12.0. The van der Waals surface area contributed by atoms with E-state index < -0.39 is 0 Å². The van der Waals surface area contributed by atoms with Crippen molar-refractivity contribution in [3.63, 3.8) is 0 Å². The van der Waals surface area contributed by atoms with Crippen molar-refractivity contribution in [1.82, 2.24) is 14.8 Å². The Morgan fingerprint density at radius 3 is 2.67 bits per heavy atom. The van der Waals surface area contributed by atoms with Gasteiger partial charge in [-0.1, -0.05) is 41.7 Å². The molecule has 3 rings (SSSR count). The first-order chi connectivity index (χ1) is 11.8. The predicted molar refractivity (Wildman–Crippen MR) is 92.9 cm³/mol. The van der Waals surface area contributed by atoms with E-state index in [9.17, 15) is 4.79 Å². The van der Waals surface area contributed by atoms with Gasteiger partial charge in [-0.2, -0.15) is 0 Å². The zero-order chi connectivity index (χ0) is 16.8. The van der Waals surface area contributed by atoms with Gasteiger partial charge in [0.05, 0.1) is 12.5 Å². The molecule has 1 aromatic carbocycles. The Hall–Kier alpha value is -2.51. The second kappa shape index (κ2) is 7.85. The Balaban J connectivity index is 1.71. The van der Waals surface area contributed by atoms with E-state index in [1.165, 1.54) is 11.3 Å². The van der Waals surface area contributed by atoms with Gasteiger partial charge in [-0.3, -0.25) is 4.79 Å². The molecule has 6 nitrogen and oxygen atoms in total. The molecule has 0 saturated carbocycles. The van der Waals surface area contributed by atoms with Gasteiger partial charge in [0, 0.05) is 19.5 Å². The van der Waals surface area contributed by atoms with Gasteiger partial charge in [0.15, 0.2) is 0 Å². The van der Waals surface area contributed by atoms with E-state index in [-0.39, 0.29) is 11.9 Å². The predicted octanol–water partition coefficient (Wildman–Crippen LogP) is 3.10. The fourth-order valence-corrected chi connectivity index (χ4v) is 3.19. The summed E-state index contributed by atoms with van der Waals surface area (Å²) < 4.78 is 7.04. The maximum atomic E-state index is 12.4. The number of carbonyl (C=O) groups excluding carboxylic acids is 1. The van der Waals surface area contributed by atoms with Crippen molar-refractivity contribution in [2.24, 2.45) is 0 Å². The molecule has 0 fully saturated rings. The molecule has 1 atom stereocenters. The van der Waals surface area contributed by atoms with Crippen molar-refractivity contribution in [1.29, 1.82) is 0 Å². The van der Waals surface area contributed by atoms with Crippen LogP contribution in [0.1, 0.15) is 23.0 Å². The molecule has 0 aliphatic heterocycles. The average molecular weight is 342 g/mol. The van der Waals surface area contributed by atoms with Crippen LogP contribution in [0.15, 0.2) is 54.9 Å². The van der Waals surface area contributed by atoms with E-state index in [1.807, 2.05) is 59.4 Å². The maximum Gasteiger partial charge on any atom is 0.228 e. The van der Waals surface area contributed by atoms with E-state index in [0.29, 0.717) is 18.2 Å². The van der Waals surface area contributed by atoms with Crippen LogP contribution in [0.4, 0.5) is 5.13 Å². The average Bonchev–Trinajstić information content (AvgIpc) is 3.26. The summed E-state index contributed by atoms with van der Waals surface area (Å²) in [6.45, 7) is 0.392. The molecule has 1 N–H and O–H groups in total. The number of methoxy groups -OCH3 is 1. The fourth-order valence-electron chi connectivity index (χ4n) is 2.46. The maximum absolute atomic E-state index is 12.4. The molecular weight excluding hydrogens is 324 g/mol. The van der Waals surface area contributed by atoms with Gasteiger partial charge in [-0.15, -0.1) is 10.2 Å². The van der Waals surface area contributed by atoms with E-state index >= 15 is 0 Å². The molecule has 0 aliphatic carbocycles. The van der Waals surface area contributed by atoms with Gasteiger partial charge in [0.1, 0.15) is 11.6 Å². The smallest absolute Gasteiger partial charge is 0.228 e. The minimum atomic E-state index is -0.0994. The number of aromatic nitrogens is 3. The number of anilines is 1. The van der Waals surface area contributed by atoms with Crippen LogP contribution in [0.25, 0.3) is 0 Å². The zero-order valence-corrected chi connectivity index (χ0v) is 14.1. The summed E-state index contributed by atoms with van der Waals surface area (Å²) in [5.41, 5.74) is 1.08. The van der Waals surface area contributed by atoms with Gasteiger partial charge in [0.2, 0.25) is 11.0 Å². The highest BCUT2D eigenvalue weighted by Crippen LogP contribution is 2.23. The van der Waals surface area contributed by atoms with Crippen LogP contribution in [-0.2, 0) is 16.1 Å². The Bertz CT molecular complexity index is 771. The third kappa shape index (κ3) is 4.06. The lowest BCUT2D eigenvalue weighted by Crippen LogP contribution is -2.19. The second-order valence-corrected chi connectivity index (χ2v) is 6.31. The zero-order valence-electron chi connectivity index (χ0n) is 13.3. The summed E-state index contributed by atoms with van der Waals surface area (Å²) in [6, 6.07) is 13.8. The molecule has 1 amide bonds. The molecule has 0 spiro atoms. The van der Waals surface area contributed by atoms with Crippen molar-refractivity contribution in [3.05, 3.63) is 65.4 Å². The van der Waals surface area contributed by atoms with Crippen LogP contribution >= 0.6 is 11.3 Å². The van der Waals surface area contributed by atoms with E-state index in [4.69, 9.17) is 4.74 Å². The highest BCUT2D eigenvalue weighted by Gasteiger charge is 2.18. The Morgan fingerprint density at radius 1 is 1.21 bits per heavy atom. The minimum absolute atomic E-state index is 0.0624. The Kier molecular flexibility index (Phi) is 5.35. The van der Waals surface area contributed by atoms with Crippen molar-refractivity contribution in [2.45, 2.75) is 19.1 Å². The Labute approximate surface area is 144 Å². The first kappa shape index (κ1) is 16.4. The molecule has 0 bridgehead atoms. The summed E-state index contributed by atoms with van der Waals surface area (Å²) in [5.74, 6) is -0.0994. The highest BCUT2D eigenvalue weighted by atomic mass is 32.1. The van der Waals surface area contributed by atoms with E-state index in [2.05, 4.69) is 15.5 Å². The molecule has 2 heterocycles. The summed E-state index contributed by atoms with van der Waals surface area (Å²) in [6.07, 6.45) is 4.25. The van der Waals surface area contributed by atoms with Gasteiger partial charge in [-0.05, 0) is 17.7 Å². The number of rotatable bonds is 7. The van der Waals surface area contributed by atoms with Gasteiger partial charge in [-0.25, -0.2) is 0 Å². The number of carbonyl (C=O) groups is 1. The minimum Gasteiger partial charge on any atom is -0.377 e. The molecule has 0 saturated heterocycles. The van der Waals surface area contributed by atoms with Gasteiger partial charge in [0.25, 0.3) is 0 Å². The van der Waals surface area contributed by atoms with Crippen molar-refractivity contribution in [2.75, 3.05) is 12.4 Å². The van der Waals surface area contributed by atoms with Crippen molar-refractivity contribution >= 4 is 22.4 Å². The molecule has 0 radical (unpaired) electrons. The number of benzene rings is 1. The summed E-state index contributed by atoms with van der Waals surface area (Å²) >= 11 is 1.32. The number of hydrogen-bond acceptors (Lipinski definition) is 5. The van der Waals surface area contributed by atoms with Gasteiger partial charge < -0.3 is 14.6 Å². The van der Waals surface area contributed by atoms with Crippen LogP contribution < -0.4 is 5.32 Å². The SMILES string of the molecule is COCc1nnc(NC(=O)C[C@@H](c2ccccc2)n2cccc2)s1. The number of nitrogens with one attached hydrogen (secondary N) is 1. The van der Waals surface area contributed by atoms with Gasteiger partial charge >= 0.3 is 0 Å². The molecule has 3 aromatic rings. The summed E-state index contributed by atoms with van der Waals surface area (Å²) in [7, 11) is 1.60. The molecule has 2 aromatic heterocycles. The lowest BCUT2D eigenvalue weighted by molar-refractivity contribution is -0.116. The highest BCUT2D eigenvalue weighted by molar-refractivity contribution is 7.15. The van der Waals surface area contributed by atoms with Crippen LogP contribution in [0.3, 0.4) is 0 Å².